The minimum Gasteiger partial charge on any atom is -0.351 e. The maximum absolute atomic E-state index is 5.55. The zero-order chi connectivity index (χ0) is 7.68. The normalized spacial score (nSPS) is 16.5. The molecule has 0 aliphatic heterocycles. The molecule has 1 heterocycles. The van der Waals surface area contributed by atoms with E-state index < -0.39 is 0 Å². The minimum absolute atomic E-state index is 0.239. The Hall–Kier alpha value is -0.900. The lowest BCUT2D eigenvalue weighted by Crippen LogP contribution is -2.05. The molecule has 1 fully saturated rings. The van der Waals surface area contributed by atoms with Gasteiger partial charge in [-0.15, -0.1) is 0 Å². The van der Waals surface area contributed by atoms with Crippen molar-refractivity contribution in [2.45, 2.75) is 18.9 Å². The van der Waals surface area contributed by atoms with Gasteiger partial charge in [0.25, 0.3) is 0 Å². The summed E-state index contributed by atoms with van der Waals surface area (Å²) >= 11 is 5.55. The fourth-order valence-corrected chi connectivity index (χ4v) is 0.880. The Kier molecular flexibility index (Phi) is 1.62. The minimum atomic E-state index is 0.239. The highest BCUT2D eigenvalue weighted by Crippen LogP contribution is 2.22. The monoisotopic (exact) mass is 170 g/mol. The van der Waals surface area contributed by atoms with Gasteiger partial charge < -0.3 is 5.32 Å². The molecule has 0 aromatic carbocycles. The van der Waals surface area contributed by atoms with Gasteiger partial charge in [0, 0.05) is 6.04 Å². The molecule has 0 saturated heterocycles. The molecule has 0 radical (unpaired) electrons. The predicted octanol–water partition coefficient (Wildman–Crippen LogP) is 1.10. The Morgan fingerprint density at radius 3 is 2.91 bits per heavy atom. The molecule has 5 heteroatoms. The Balaban J connectivity index is 2.10. The van der Waals surface area contributed by atoms with Gasteiger partial charge in [-0.25, -0.2) is 9.97 Å². The molecule has 0 amide bonds. The van der Waals surface area contributed by atoms with Crippen molar-refractivity contribution in [2.75, 3.05) is 5.32 Å². The molecule has 1 aliphatic carbocycles. The van der Waals surface area contributed by atoms with E-state index in [0.29, 0.717) is 12.0 Å². The van der Waals surface area contributed by atoms with Crippen molar-refractivity contribution in [3.05, 3.63) is 11.6 Å². The van der Waals surface area contributed by atoms with Gasteiger partial charge in [-0.3, -0.25) is 0 Å². The average molecular weight is 171 g/mol. The zero-order valence-electron chi connectivity index (χ0n) is 5.79. The quantitative estimate of drug-likeness (QED) is 0.722. The van der Waals surface area contributed by atoms with Crippen LogP contribution in [-0.4, -0.2) is 21.0 Å². The molecule has 1 aliphatic rings. The SMILES string of the molecule is Clc1ncnc(NC2CC2)n1. The summed E-state index contributed by atoms with van der Waals surface area (Å²) in [5.41, 5.74) is 0. The summed E-state index contributed by atoms with van der Waals surface area (Å²) in [5, 5.41) is 3.35. The van der Waals surface area contributed by atoms with Crippen LogP contribution in [-0.2, 0) is 0 Å². The van der Waals surface area contributed by atoms with Crippen molar-refractivity contribution in [3.8, 4) is 0 Å². The van der Waals surface area contributed by atoms with Crippen molar-refractivity contribution in [1.29, 1.82) is 0 Å². The van der Waals surface area contributed by atoms with Crippen LogP contribution in [0.5, 0.6) is 0 Å². The highest BCUT2D eigenvalue weighted by Gasteiger charge is 2.21. The van der Waals surface area contributed by atoms with Crippen LogP contribution in [0.25, 0.3) is 0 Å². The van der Waals surface area contributed by atoms with Crippen molar-refractivity contribution >= 4 is 17.5 Å². The van der Waals surface area contributed by atoms with E-state index in [2.05, 4.69) is 20.3 Å². The summed E-state index contributed by atoms with van der Waals surface area (Å²) in [5.74, 6) is 0.576. The maximum Gasteiger partial charge on any atom is 0.227 e. The predicted molar refractivity (Wildman–Crippen MR) is 41.5 cm³/mol. The lowest BCUT2D eigenvalue weighted by Gasteiger charge is -1.99. The van der Waals surface area contributed by atoms with E-state index in [1.807, 2.05) is 0 Å². The first-order valence-electron chi connectivity index (χ1n) is 3.45. The van der Waals surface area contributed by atoms with Crippen LogP contribution in [0.3, 0.4) is 0 Å². The number of nitrogens with one attached hydrogen (secondary N) is 1. The maximum atomic E-state index is 5.55. The van der Waals surface area contributed by atoms with Crippen molar-refractivity contribution in [1.82, 2.24) is 15.0 Å². The second-order valence-electron chi connectivity index (χ2n) is 2.50. The Morgan fingerprint density at radius 1 is 1.45 bits per heavy atom. The average Bonchev–Trinajstić information content (AvgIpc) is 2.71. The van der Waals surface area contributed by atoms with Crippen LogP contribution in [0.2, 0.25) is 5.28 Å². The number of nitrogens with zero attached hydrogens (tertiary/aromatic N) is 3. The molecular weight excluding hydrogens is 164 g/mol. The van der Waals surface area contributed by atoms with Gasteiger partial charge in [-0.2, -0.15) is 4.98 Å². The number of anilines is 1. The molecular formula is C6H7ClN4. The molecule has 4 nitrogen and oxygen atoms in total. The van der Waals surface area contributed by atoms with Gasteiger partial charge in [0.1, 0.15) is 6.33 Å². The summed E-state index contributed by atoms with van der Waals surface area (Å²) in [6, 6.07) is 0.550. The first kappa shape index (κ1) is 6.79. The number of rotatable bonds is 2. The van der Waals surface area contributed by atoms with Gasteiger partial charge in [-0.05, 0) is 24.4 Å². The molecule has 1 aromatic rings. The van der Waals surface area contributed by atoms with E-state index in [9.17, 15) is 0 Å². The topological polar surface area (TPSA) is 50.7 Å². The summed E-state index contributed by atoms with van der Waals surface area (Å²) in [7, 11) is 0. The highest BCUT2D eigenvalue weighted by molar-refractivity contribution is 6.28. The molecule has 2 rings (SSSR count). The highest BCUT2D eigenvalue weighted by atomic mass is 35.5. The molecule has 1 N–H and O–H groups in total. The van der Waals surface area contributed by atoms with Crippen LogP contribution in [0, 0.1) is 0 Å². The Bertz CT molecular complexity index is 261. The third-order valence-electron chi connectivity index (χ3n) is 1.45. The molecule has 58 valence electrons. The molecule has 0 unspecified atom stereocenters. The van der Waals surface area contributed by atoms with Crippen LogP contribution < -0.4 is 5.32 Å². The van der Waals surface area contributed by atoms with E-state index in [-0.39, 0.29) is 5.28 Å². The smallest absolute Gasteiger partial charge is 0.227 e. The van der Waals surface area contributed by atoms with Crippen LogP contribution in [0.1, 0.15) is 12.8 Å². The zero-order valence-corrected chi connectivity index (χ0v) is 6.54. The fraction of sp³-hybridized carbons (Fsp3) is 0.500. The number of hydrogen-bond acceptors (Lipinski definition) is 4. The Labute approximate surface area is 69.0 Å². The first-order valence-corrected chi connectivity index (χ1v) is 3.83. The molecule has 1 aromatic heterocycles. The van der Waals surface area contributed by atoms with E-state index in [1.165, 1.54) is 19.2 Å². The van der Waals surface area contributed by atoms with Crippen LogP contribution in [0.15, 0.2) is 6.33 Å². The Morgan fingerprint density at radius 2 is 2.27 bits per heavy atom. The van der Waals surface area contributed by atoms with Gasteiger partial charge >= 0.3 is 0 Å². The largest absolute Gasteiger partial charge is 0.351 e. The van der Waals surface area contributed by atoms with E-state index >= 15 is 0 Å². The number of halogens is 1. The fourth-order valence-electron chi connectivity index (χ4n) is 0.756. The van der Waals surface area contributed by atoms with Crippen molar-refractivity contribution in [3.63, 3.8) is 0 Å². The van der Waals surface area contributed by atoms with Crippen LogP contribution in [0.4, 0.5) is 5.95 Å². The second-order valence-corrected chi connectivity index (χ2v) is 2.83. The van der Waals surface area contributed by atoms with E-state index in [0.717, 1.165) is 0 Å². The van der Waals surface area contributed by atoms with Gasteiger partial charge in [0.2, 0.25) is 11.2 Å². The molecule has 11 heavy (non-hydrogen) atoms. The number of hydrogen-bond donors (Lipinski definition) is 1. The standard InChI is InChI=1S/C6H7ClN4/c7-5-8-3-9-6(11-5)10-4-1-2-4/h3-4H,1-2H2,(H,8,9,10,11). The van der Waals surface area contributed by atoms with Crippen LogP contribution >= 0.6 is 11.6 Å². The van der Waals surface area contributed by atoms with Crippen molar-refractivity contribution in [2.24, 2.45) is 0 Å². The summed E-state index contributed by atoms with van der Waals surface area (Å²) in [6.07, 6.45) is 3.80. The lowest BCUT2D eigenvalue weighted by atomic mass is 10.7. The third-order valence-corrected chi connectivity index (χ3v) is 1.64. The van der Waals surface area contributed by atoms with Crippen molar-refractivity contribution < 1.29 is 0 Å². The molecule has 1 saturated carbocycles. The van der Waals surface area contributed by atoms with E-state index in [1.54, 1.807) is 0 Å². The lowest BCUT2D eigenvalue weighted by molar-refractivity contribution is 1.00. The van der Waals surface area contributed by atoms with Gasteiger partial charge in [0.15, 0.2) is 0 Å². The van der Waals surface area contributed by atoms with Gasteiger partial charge in [0.05, 0.1) is 0 Å². The number of aromatic nitrogens is 3. The molecule has 0 bridgehead atoms. The molecule has 0 atom stereocenters. The second kappa shape index (κ2) is 2.62. The summed E-state index contributed by atoms with van der Waals surface area (Å²) in [4.78, 5) is 11.5. The summed E-state index contributed by atoms with van der Waals surface area (Å²) < 4.78 is 0. The van der Waals surface area contributed by atoms with Gasteiger partial charge in [-0.1, -0.05) is 0 Å². The third kappa shape index (κ3) is 1.77. The van der Waals surface area contributed by atoms with E-state index in [4.69, 9.17) is 11.6 Å². The first-order chi connectivity index (χ1) is 5.34. The summed E-state index contributed by atoms with van der Waals surface area (Å²) in [6.45, 7) is 0. The molecule has 0 spiro atoms.